The Bertz CT molecular complexity index is 1090. The van der Waals surface area contributed by atoms with Crippen LogP contribution in [0.3, 0.4) is 0 Å². The van der Waals surface area contributed by atoms with Crippen molar-refractivity contribution in [1.29, 1.82) is 0 Å². The number of amides is 1. The van der Waals surface area contributed by atoms with Crippen LogP contribution in [0.1, 0.15) is 65.3 Å². The third-order valence-corrected chi connectivity index (χ3v) is 7.56. The quantitative estimate of drug-likeness (QED) is 0.483. The van der Waals surface area contributed by atoms with Gasteiger partial charge in [-0.05, 0) is 89.8 Å². The fraction of sp³-hybridized carbons (Fsp3) is 0.556. The molecule has 0 bridgehead atoms. The van der Waals surface area contributed by atoms with E-state index in [0.717, 1.165) is 54.7 Å². The summed E-state index contributed by atoms with van der Waals surface area (Å²) in [4.78, 5) is 32.9. The van der Waals surface area contributed by atoms with Crippen LogP contribution in [0, 0.1) is 20.8 Å². The van der Waals surface area contributed by atoms with E-state index in [0.29, 0.717) is 34.8 Å². The first-order valence-electron chi connectivity index (χ1n) is 12.5. The summed E-state index contributed by atoms with van der Waals surface area (Å²) in [6.07, 6.45) is 4.26. The highest BCUT2D eigenvalue weighted by molar-refractivity contribution is 6.31. The number of H-pyrrole nitrogens is 1. The van der Waals surface area contributed by atoms with Crippen LogP contribution in [-0.2, 0) is 6.54 Å². The van der Waals surface area contributed by atoms with Gasteiger partial charge in [0.25, 0.3) is 11.5 Å². The summed E-state index contributed by atoms with van der Waals surface area (Å²) >= 11 is 6.50. The van der Waals surface area contributed by atoms with Gasteiger partial charge >= 0.3 is 0 Å². The molecule has 1 heterocycles. The number of aromatic nitrogens is 1. The Morgan fingerprint density at radius 2 is 1.80 bits per heavy atom. The number of hydrogen-bond acceptors (Lipinski definition) is 5. The van der Waals surface area contributed by atoms with Crippen molar-refractivity contribution >= 4 is 23.2 Å². The molecule has 0 atom stereocenters. The van der Waals surface area contributed by atoms with Gasteiger partial charge in [0.1, 0.15) is 0 Å². The highest BCUT2D eigenvalue weighted by atomic mass is 35.5. The van der Waals surface area contributed by atoms with Gasteiger partial charge in [0.05, 0.1) is 6.61 Å². The molecule has 2 aromatic rings. The van der Waals surface area contributed by atoms with Gasteiger partial charge in [-0.25, -0.2) is 0 Å². The van der Waals surface area contributed by atoms with Crippen LogP contribution in [0.2, 0.25) is 5.02 Å². The second-order valence-corrected chi connectivity index (χ2v) is 10.1. The third-order valence-electron chi connectivity index (χ3n) is 7.34. The predicted molar refractivity (Wildman–Crippen MR) is 143 cm³/mol. The standard InChI is InChI=1S/C27H39ClN4O3/c1-6-32(22-9-7-21(8-10-22)31(5)11-12-33)25-15-20(28)14-23(19(25)4)26(34)29-16-24-17(2)13-18(3)30-27(24)35/h13-15,21-22,33H,6-12,16H2,1-5H3,(H,29,34)(H,30,35)/t21-,22-. The summed E-state index contributed by atoms with van der Waals surface area (Å²) < 4.78 is 0. The second-order valence-electron chi connectivity index (χ2n) is 9.68. The number of likely N-dealkylation sites (N-methyl/N-ethyl adjacent to an activating group) is 1. The van der Waals surface area contributed by atoms with Crippen LogP contribution < -0.4 is 15.8 Å². The molecule has 1 aliphatic carbocycles. The number of aryl methyl sites for hydroxylation is 2. The fourth-order valence-electron chi connectivity index (χ4n) is 5.34. The molecular formula is C27H39ClN4O3. The molecule has 1 saturated carbocycles. The topological polar surface area (TPSA) is 88.7 Å². The second kappa shape index (κ2) is 12.1. The molecule has 1 aromatic carbocycles. The first-order valence-corrected chi connectivity index (χ1v) is 12.9. The Kier molecular flexibility index (Phi) is 9.39. The van der Waals surface area contributed by atoms with Crippen LogP contribution in [0.15, 0.2) is 23.0 Å². The van der Waals surface area contributed by atoms with Crippen molar-refractivity contribution in [2.24, 2.45) is 0 Å². The maximum Gasteiger partial charge on any atom is 0.253 e. The number of pyridine rings is 1. The average Bonchev–Trinajstić information content (AvgIpc) is 2.81. The maximum atomic E-state index is 13.2. The van der Waals surface area contributed by atoms with Gasteiger partial charge in [0.15, 0.2) is 0 Å². The molecule has 3 rings (SSSR count). The molecule has 0 radical (unpaired) electrons. The van der Waals surface area contributed by atoms with Gasteiger partial charge in [0.2, 0.25) is 0 Å². The molecule has 3 N–H and O–H groups in total. The number of halogens is 1. The Morgan fingerprint density at radius 1 is 1.14 bits per heavy atom. The molecule has 0 unspecified atom stereocenters. The van der Waals surface area contributed by atoms with Crippen LogP contribution in [0.25, 0.3) is 0 Å². The highest BCUT2D eigenvalue weighted by Crippen LogP contribution is 2.34. The molecule has 1 aliphatic rings. The summed E-state index contributed by atoms with van der Waals surface area (Å²) in [6, 6.07) is 6.43. The lowest BCUT2D eigenvalue weighted by Gasteiger charge is -2.41. The Balaban J connectivity index is 1.77. The van der Waals surface area contributed by atoms with Crippen LogP contribution >= 0.6 is 11.6 Å². The van der Waals surface area contributed by atoms with Crippen LogP contribution in [0.4, 0.5) is 5.69 Å². The van der Waals surface area contributed by atoms with E-state index in [2.05, 4.69) is 34.1 Å². The first kappa shape index (κ1) is 27.2. The lowest BCUT2D eigenvalue weighted by Crippen LogP contribution is -2.44. The predicted octanol–water partition coefficient (Wildman–Crippen LogP) is 3.95. The van der Waals surface area contributed by atoms with Crippen molar-refractivity contribution in [2.45, 2.75) is 72.0 Å². The van der Waals surface area contributed by atoms with Crippen molar-refractivity contribution in [3.05, 3.63) is 61.5 Å². The Hall–Kier alpha value is -2.35. The van der Waals surface area contributed by atoms with Crippen molar-refractivity contribution < 1.29 is 9.90 Å². The number of aromatic amines is 1. The number of aliphatic hydroxyl groups is 1. The molecule has 0 saturated heterocycles. The van der Waals surface area contributed by atoms with Crippen LogP contribution in [-0.4, -0.2) is 59.7 Å². The summed E-state index contributed by atoms with van der Waals surface area (Å²) in [6.45, 7) is 9.68. The van der Waals surface area contributed by atoms with Crippen LogP contribution in [0.5, 0.6) is 0 Å². The lowest BCUT2D eigenvalue weighted by molar-refractivity contribution is 0.0950. The third kappa shape index (κ3) is 6.46. The number of hydrogen-bond donors (Lipinski definition) is 3. The maximum absolute atomic E-state index is 13.2. The normalized spacial score (nSPS) is 18.1. The van der Waals surface area contributed by atoms with E-state index >= 15 is 0 Å². The molecule has 1 aromatic heterocycles. The van der Waals surface area contributed by atoms with Gasteiger partial charge in [-0.15, -0.1) is 0 Å². The molecule has 35 heavy (non-hydrogen) atoms. The fourth-order valence-corrected chi connectivity index (χ4v) is 5.55. The molecule has 0 aliphatic heterocycles. The minimum atomic E-state index is -0.240. The van der Waals surface area contributed by atoms with Gasteiger partial charge in [-0.2, -0.15) is 0 Å². The minimum Gasteiger partial charge on any atom is -0.395 e. The molecular weight excluding hydrogens is 464 g/mol. The SMILES string of the molecule is CCN(c1cc(Cl)cc(C(=O)NCc2c(C)cc(C)[nH]c2=O)c1C)[C@H]1CC[C@H](N(C)CCO)CC1. The molecule has 0 spiro atoms. The Morgan fingerprint density at radius 3 is 2.40 bits per heavy atom. The van der Waals surface area contributed by atoms with E-state index in [-0.39, 0.29) is 24.6 Å². The monoisotopic (exact) mass is 502 g/mol. The number of anilines is 1. The molecule has 1 amide bonds. The number of carbonyl (C=O) groups is 1. The highest BCUT2D eigenvalue weighted by Gasteiger charge is 2.29. The lowest BCUT2D eigenvalue weighted by atomic mass is 9.88. The van der Waals surface area contributed by atoms with Crippen molar-refractivity contribution in [1.82, 2.24) is 15.2 Å². The van der Waals surface area contributed by atoms with Gasteiger partial charge in [-0.1, -0.05) is 11.6 Å². The molecule has 1 fully saturated rings. The number of nitrogens with zero attached hydrogens (tertiary/aromatic N) is 2. The summed E-state index contributed by atoms with van der Waals surface area (Å²) in [7, 11) is 2.08. The summed E-state index contributed by atoms with van der Waals surface area (Å²) in [5.74, 6) is -0.240. The van der Waals surface area contributed by atoms with Crippen molar-refractivity contribution in [2.75, 3.05) is 31.6 Å². The van der Waals surface area contributed by atoms with E-state index in [4.69, 9.17) is 11.6 Å². The van der Waals surface area contributed by atoms with Gasteiger partial charge < -0.3 is 25.2 Å². The zero-order chi connectivity index (χ0) is 25.7. The number of rotatable bonds is 9. The average molecular weight is 503 g/mol. The number of benzene rings is 1. The number of carbonyl (C=O) groups excluding carboxylic acids is 1. The van der Waals surface area contributed by atoms with Gasteiger partial charge in [0, 0.05) is 59.2 Å². The van der Waals surface area contributed by atoms with E-state index in [9.17, 15) is 14.7 Å². The Labute approximate surface area is 213 Å². The first-order chi connectivity index (χ1) is 16.7. The molecule has 192 valence electrons. The van der Waals surface area contributed by atoms with Crippen molar-refractivity contribution in [3.8, 4) is 0 Å². The van der Waals surface area contributed by atoms with Crippen molar-refractivity contribution in [3.63, 3.8) is 0 Å². The van der Waals surface area contributed by atoms with E-state index < -0.39 is 0 Å². The zero-order valence-corrected chi connectivity index (χ0v) is 22.3. The summed E-state index contributed by atoms with van der Waals surface area (Å²) in [5.41, 5.74) is 4.44. The van der Waals surface area contributed by atoms with Gasteiger partial charge in [-0.3, -0.25) is 9.59 Å². The minimum absolute atomic E-state index is 0.157. The van der Waals surface area contributed by atoms with E-state index in [1.165, 1.54) is 0 Å². The summed E-state index contributed by atoms with van der Waals surface area (Å²) in [5, 5.41) is 12.7. The smallest absolute Gasteiger partial charge is 0.253 e. The largest absolute Gasteiger partial charge is 0.395 e. The number of aliphatic hydroxyl groups excluding tert-OH is 1. The molecule has 8 heteroatoms. The van der Waals surface area contributed by atoms with E-state index in [1.54, 1.807) is 6.07 Å². The zero-order valence-electron chi connectivity index (χ0n) is 21.6. The van der Waals surface area contributed by atoms with E-state index in [1.807, 2.05) is 32.9 Å². The molecule has 7 nitrogen and oxygen atoms in total. The number of nitrogens with one attached hydrogen (secondary N) is 2.